The summed E-state index contributed by atoms with van der Waals surface area (Å²) in [4.78, 5) is 12.8. The van der Waals surface area contributed by atoms with Gasteiger partial charge < -0.3 is 10.6 Å². The van der Waals surface area contributed by atoms with E-state index in [2.05, 4.69) is 10.6 Å². The number of carbonyl (C=O) groups is 1. The standard InChI is InChI=1S/C20H22N2O3S/c1-4-14(3)21-18-16-7-5-6-8-17(16)26(24,25)19(18)20(23)22-15-11-9-13(2)10-12-15/h5-12,14,21H,4H2,1-3H3,(H,22,23)/t14-/m1/s1. The quantitative estimate of drug-likeness (QED) is 0.845. The number of nitrogens with one attached hydrogen (secondary N) is 2. The summed E-state index contributed by atoms with van der Waals surface area (Å²) in [5.74, 6) is -0.629. The molecule has 0 bridgehead atoms. The minimum absolute atomic E-state index is 0.0357. The Kier molecular flexibility index (Phi) is 4.87. The molecule has 1 heterocycles. The van der Waals surface area contributed by atoms with Crippen LogP contribution in [0.2, 0.25) is 0 Å². The van der Waals surface area contributed by atoms with Crippen LogP contribution in [0, 0.1) is 6.92 Å². The number of hydrogen-bond acceptors (Lipinski definition) is 4. The predicted molar refractivity (Wildman–Crippen MR) is 103 cm³/mol. The van der Waals surface area contributed by atoms with Gasteiger partial charge in [-0.2, -0.15) is 0 Å². The normalized spacial score (nSPS) is 16.1. The van der Waals surface area contributed by atoms with E-state index in [1.165, 1.54) is 6.07 Å². The molecular weight excluding hydrogens is 348 g/mol. The fourth-order valence-corrected chi connectivity index (χ4v) is 4.50. The third-order valence-electron chi connectivity index (χ3n) is 4.46. The van der Waals surface area contributed by atoms with Crippen molar-refractivity contribution < 1.29 is 13.2 Å². The van der Waals surface area contributed by atoms with E-state index in [0.29, 0.717) is 16.9 Å². The van der Waals surface area contributed by atoms with Crippen LogP contribution >= 0.6 is 0 Å². The summed E-state index contributed by atoms with van der Waals surface area (Å²) >= 11 is 0. The van der Waals surface area contributed by atoms with Gasteiger partial charge in [-0.15, -0.1) is 0 Å². The van der Waals surface area contributed by atoms with Gasteiger partial charge in [-0.05, 0) is 38.5 Å². The number of amides is 1. The topological polar surface area (TPSA) is 75.3 Å². The van der Waals surface area contributed by atoms with E-state index in [1.807, 2.05) is 32.9 Å². The number of hydrogen-bond donors (Lipinski definition) is 2. The fraction of sp³-hybridized carbons (Fsp3) is 0.250. The zero-order valence-electron chi connectivity index (χ0n) is 15.0. The van der Waals surface area contributed by atoms with Crippen molar-refractivity contribution in [2.24, 2.45) is 0 Å². The molecule has 0 saturated heterocycles. The van der Waals surface area contributed by atoms with E-state index in [0.717, 1.165) is 12.0 Å². The first kappa shape index (κ1) is 18.2. The van der Waals surface area contributed by atoms with Crippen molar-refractivity contribution in [3.8, 4) is 0 Å². The van der Waals surface area contributed by atoms with E-state index < -0.39 is 15.7 Å². The van der Waals surface area contributed by atoms with E-state index in [9.17, 15) is 13.2 Å². The monoisotopic (exact) mass is 370 g/mol. The molecule has 2 N–H and O–H groups in total. The zero-order valence-corrected chi connectivity index (χ0v) is 15.9. The number of fused-ring (bicyclic) bond motifs is 1. The smallest absolute Gasteiger partial charge is 0.269 e. The Hall–Kier alpha value is -2.60. The highest BCUT2D eigenvalue weighted by atomic mass is 32.2. The predicted octanol–water partition coefficient (Wildman–Crippen LogP) is 3.48. The highest BCUT2D eigenvalue weighted by molar-refractivity contribution is 7.97. The van der Waals surface area contributed by atoms with Gasteiger partial charge in [0.15, 0.2) is 4.91 Å². The van der Waals surface area contributed by atoms with Gasteiger partial charge in [-0.3, -0.25) is 4.79 Å². The lowest BCUT2D eigenvalue weighted by Gasteiger charge is -2.16. The van der Waals surface area contributed by atoms with E-state index in [-0.39, 0.29) is 15.8 Å². The van der Waals surface area contributed by atoms with Crippen molar-refractivity contribution in [1.82, 2.24) is 5.32 Å². The summed E-state index contributed by atoms with van der Waals surface area (Å²) in [7, 11) is -3.87. The van der Waals surface area contributed by atoms with E-state index in [1.54, 1.807) is 30.3 Å². The fourth-order valence-electron chi connectivity index (χ4n) is 2.83. The molecule has 0 fully saturated rings. The summed E-state index contributed by atoms with van der Waals surface area (Å²) in [5.41, 5.74) is 2.53. The minimum atomic E-state index is -3.87. The van der Waals surface area contributed by atoms with Gasteiger partial charge in [0.2, 0.25) is 9.84 Å². The maximum atomic E-state index is 13.0. The lowest BCUT2D eigenvalue weighted by atomic mass is 10.1. The first-order valence-corrected chi connectivity index (χ1v) is 10.1. The molecule has 3 rings (SSSR count). The third-order valence-corrected chi connectivity index (χ3v) is 6.32. The average Bonchev–Trinajstić information content (AvgIpc) is 2.84. The molecule has 5 nitrogen and oxygen atoms in total. The Bertz CT molecular complexity index is 976. The summed E-state index contributed by atoms with van der Waals surface area (Å²) in [6, 6.07) is 14.0. The van der Waals surface area contributed by atoms with Crippen LogP contribution in [-0.4, -0.2) is 20.4 Å². The van der Waals surface area contributed by atoms with Crippen molar-refractivity contribution in [1.29, 1.82) is 0 Å². The molecule has 2 aromatic carbocycles. The van der Waals surface area contributed by atoms with Crippen molar-refractivity contribution >= 4 is 27.1 Å². The third kappa shape index (κ3) is 3.24. The van der Waals surface area contributed by atoms with Crippen molar-refractivity contribution in [2.75, 3.05) is 5.32 Å². The largest absolute Gasteiger partial charge is 0.381 e. The molecule has 0 aromatic heterocycles. The zero-order chi connectivity index (χ0) is 18.9. The lowest BCUT2D eigenvalue weighted by Crippen LogP contribution is -2.27. The number of benzene rings is 2. The first-order chi connectivity index (χ1) is 12.3. The van der Waals surface area contributed by atoms with Gasteiger partial charge in [0.05, 0.1) is 10.6 Å². The number of sulfone groups is 1. The second kappa shape index (κ2) is 6.96. The molecule has 1 atom stereocenters. The summed E-state index contributed by atoms with van der Waals surface area (Å²) in [5, 5.41) is 5.91. The van der Waals surface area contributed by atoms with Crippen molar-refractivity contribution in [3.05, 3.63) is 64.6 Å². The van der Waals surface area contributed by atoms with Crippen LogP contribution in [0.25, 0.3) is 5.70 Å². The Morgan fingerprint density at radius 2 is 1.73 bits per heavy atom. The van der Waals surface area contributed by atoms with Gasteiger partial charge in [-0.1, -0.05) is 42.8 Å². The van der Waals surface area contributed by atoms with Crippen LogP contribution < -0.4 is 10.6 Å². The molecule has 0 saturated carbocycles. The molecule has 0 spiro atoms. The maximum absolute atomic E-state index is 13.0. The van der Waals surface area contributed by atoms with Crippen LogP contribution in [0.3, 0.4) is 0 Å². The lowest BCUT2D eigenvalue weighted by molar-refractivity contribution is -0.112. The highest BCUT2D eigenvalue weighted by Gasteiger charge is 2.40. The number of aryl methyl sites for hydroxylation is 1. The SMILES string of the molecule is CC[C@@H](C)NC1=C(C(=O)Nc2ccc(C)cc2)S(=O)(=O)c2ccccc21. The molecule has 0 aliphatic carbocycles. The van der Waals surface area contributed by atoms with Crippen LogP contribution in [0.15, 0.2) is 58.3 Å². The Morgan fingerprint density at radius 1 is 1.08 bits per heavy atom. The maximum Gasteiger partial charge on any atom is 0.269 e. The molecule has 0 radical (unpaired) electrons. The summed E-state index contributed by atoms with van der Waals surface area (Å²) in [6.07, 6.45) is 0.804. The first-order valence-electron chi connectivity index (χ1n) is 8.58. The van der Waals surface area contributed by atoms with Crippen LogP contribution in [0.5, 0.6) is 0 Å². The van der Waals surface area contributed by atoms with Crippen LogP contribution in [0.4, 0.5) is 5.69 Å². The Balaban J connectivity index is 2.06. The minimum Gasteiger partial charge on any atom is -0.381 e. The molecule has 26 heavy (non-hydrogen) atoms. The van der Waals surface area contributed by atoms with Gasteiger partial charge >= 0.3 is 0 Å². The van der Waals surface area contributed by atoms with E-state index in [4.69, 9.17) is 0 Å². The summed E-state index contributed by atoms with van der Waals surface area (Å²) in [6.45, 7) is 5.90. The molecule has 0 unspecified atom stereocenters. The molecule has 136 valence electrons. The van der Waals surface area contributed by atoms with Crippen LogP contribution in [-0.2, 0) is 14.6 Å². The molecule has 6 heteroatoms. The van der Waals surface area contributed by atoms with Gasteiger partial charge in [-0.25, -0.2) is 8.42 Å². The van der Waals surface area contributed by atoms with Gasteiger partial charge in [0, 0.05) is 17.3 Å². The highest BCUT2D eigenvalue weighted by Crippen LogP contribution is 2.38. The molecule has 1 aliphatic rings. The molecular formula is C20H22N2O3S. The average molecular weight is 370 g/mol. The molecule has 2 aromatic rings. The molecule has 1 aliphatic heterocycles. The Labute approximate surface area is 154 Å². The Morgan fingerprint density at radius 3 is 2.38 bits per heavy atom. The van der Waals surface area contributed by atoms with Gasteiger partial charge in [0.25, 0.3) is 5.91 Å². The number of carbonyl (C=O) groups excluding carboxylic acids is 1. The summed E-state index contributed by atoms with van der Waals surface area (Å²) < 4.78 is 26.0. The van der Waals surface area contributed by atoms with Crippen molar-refractivity contribution in [3.63, 3.8) is 0 Å². The molecule has 1 amide bonds. The number of anilines is 1. The second-order valence-electron chi connectivity index (χ2n) is 6.48. The number of rotatable bonds is 5. The van der Waals surface area contributed by atoms with Gasteiger partial charge in [0.1, 0.15) is 0 Å². The second-order valence-corrected chi connectivity index (χ2v) is 8.33. The van der Waals surface area contributed by atoms with E-state index >= 15 is 0 Å². The van der Waals surface area contributed by atoms with Crippen LogP contribution in [0.1, 0.15) is 31.4 Å². The van der Waals surface area contributed by atoms with Crippen molar-refractivity contribution in [2.45, 2.75) is 38.1 Å².